The van der Waals surface area contributed by atoms with Crippen molar-refractivity contribution >= 4 is 27.8 Å². The van der Waals surface area contributed by atoms with Crippen molar-refractivity contribution in [2.75, 3.05) is 7.05 Å². The molecule has 0 fully saturated rings. The zero-order chi connectivity index (χ0) is 13.1. The topological polar surface area (TPSA) is 66.4 Å². The molecule has 0 aliphatic rings. The Bertz CT molecular complexity index is 430. The first-order valence-electron chi connectivity index (χ1n) is 5.10. The summed E-state index contributed by atoms with van der Waals surface area (Å²) < 4.78 is 0.915. The Morgan fingerprint density at radius 1 is 1.35 bits per heavy atom. The number of rotatable bonds is 4. The van der Waals surface area contributed by atoms with Crippen molar-refractivity contribution in [2.24, 2.45) is 5.41 Å². The van der Waals surface area contributed by atoms with Gasteiger partial charge in [-0.05, 0) is 31.0 Å². The molecule has 1 unspecified atom stereocenters. The summed E-state index contributed by atoms with van der Waals surface area (Å²) in [4.78, 5) is 22.9. The quantitative estimate of drug-likeness (QED) is 0.834. The minimum Gasteiger partial charge on any atom is -0.480 e. The van der Waals surface area contributed by atoms with Gasteiger partial charge >= 0.3 is 5.97 Å². The van der Waals surface area contributed by atoms with E-state index in [1.165, 1.54) is 14.0 Å². The number of aliphatic carboxylic acids is 1. The van der Waals surface area contributed by atoms with Crippen LogP contribution >= 0.6 is 15.9 Å². The minimum atomic E-state index is -1.44. The Morgan fingerprint density at radius 3 is 2.29 bits per heavy atom. The number of nitrogens with one attached hydrogen (secondary N) is 1. The maximum atomic E-state index is 11.6. The molecule has 0 saturated carbocycles. The van der Waals surface area contributed by atoms with Crippen LogP contribution in [-0.4, -0.2) is 24.0 Å². The highest BCUT2D eigenvalue weighted by molar-refractivity contribution is 9.10. The lowest BCUT2D eigenvalue weighted by atomic mass is 9.83. The van der Waals surface area contributed by atoms with Crippen LogP contribution in [0.4, 0.5) is 0 Å². The second-order valence-corrected chi connectivity index (χ2v) is 4.94. The predicted molar refractivity (Wildman–Crippen MR) is 67.7 cm³/mol. The fraction of sp³-hybridized carbons (Fsp3) is 0.333. The maximum absolute atomic E-state index is 11.6. The van der Waals surface area contributed by atoms with Crippen LogP contribution in [0.5, 0.6) is 0 Å². The van der Waals surface area contributed by atoms with E-state index in [1.807, 2.05) is 12.1 Å². The molecular formula is C12H14BrNO3. The van der Waals surface area contributed by atoms with Crippen molar-refractivity contribution in [1.29, 1.82) is 0 Å². The smallest absolute Gasteiger partial charge is 0.319 e. The summed E-state index contributed by atoms with van der Waals surface area (Å²) in [6.07, 6.45) is 0.162. The molecule has 17 heavy (non-hydrogen) atoms. The molecular weight excluding hydrogens is 286 g/mol. The third-order valence-electron chi connectivity index (χ3n) is 2.67. The third-order valence-corrected chi connectivity index (χ3v) is 3.20. The normalized spacial score (nSPS) is 13.8. The lowest BCUT2D eigenvalue weighted by molar-refractivity contribution is -0.154. The van der Waals surface area contributed by atoms with Crippen LogP contribution < -0.4 is 5.32 Å². The summed E-state index contributed by atoms with van der Waals surface area (Å²) in [6, 6.07) is 7.24. The number of amides is 1. The van der Waals surface area contributed by atoms with Gasteiger partial charge in [0.15, 0.2) is 0 Å². The number of carboxylic acid groups (broad SMARTS) is 1. The van der Waals surface area contributed by atoms with Gasteiger partial charge in [0.05, 0.1) is 0 Å². The summed E-state index contributed by atoms with van der Waals surface area (Å²) in [5, 5.41) is 11.6. The van der Waals surface area contributed by atoms with E-state index in [9.17, 15) is 14.7 Å². The summed E-state index contributed by atoms with van der Waals surface area (Å²) in [5.41, 5.74) is -0.635. The first-order chi connectivity index (χ1) is 7.90. The Hall–Kier alpha value is -1.36. The molecule has 0 aromatic heterocycles. The second kappa shape index (κ2) is 5.31. The van der Waals surface area contributed by atoms with Gasteiger partial charge in [-0.3, -0.25) is 9.59 Å². The van der Waals surface area contributed by atoms with Gasteiger partial charge in [0.2, 0.25) is 5.91 Å². The first kappa shape index (κ1) is 13.7. The Morgan fingerprint density at radius 2 is 1.88 bits per heavy atom. The molecule has 92 valence electrons. The van der Waals surface area contributed by atoms with Gasteiger partial charge in [0.1, 0.15) is 5.41 Å². The highest BCUT2D eigenvalue weighted by Gasteiger charge is 2.40. The molecule has 0 saturated heterocycles. The van der Waals surface area contributed by atoms with E-state index in [2.05, 4.69) is 21.2 Å². The number of carbonyl (C=O) groups is 2. The molecule has 4 nitrogen and oxygen atoms in total. The molecule has 1 atom stereocenters. The molecule has 0 radical (unpaired) electrons. The van der Waals surface area contributed by atoms with E-state index in [0.717, 1.165) is 10.0 Å². The predicted octanol–water partition coefficient (Wildman–Crippen LogP) is 1.83. The van der Waals surface area contributed by atoms with Crippen molar-refractivity contribution in [1.82, 2.24) is 5.32 Å². The van der Waals surface area contributed by atoms with E-state index < -0.39 is 17.3 Å². The van der Waals surface area contributed by atoms with Crippen LogP contribution in [0, 0.1) is 5.41 Å². The molecule has 0 heterocycles. The van der Waals surface area contributed by atoms with Crippen LogP contribution in [-0.2, 0) is 16.0 Å². The monoisotopic (exact) mass is 299 g/mol. The lowest BCUT2D eigenvalue weighted by Gasteiger charge is -2.22. The zero-order valence-electron chi connectivity index (χ0n) is 9.66. The molecule has 0 aliphatic carbocycles. The van der Waals surface area contributed by atoms with Crippen molar-refractivity contribution in [3.8, 4) is 0 Å². The number of benzene rings is 1. The standard InChI is InChI=1S/C12H14BrNO3/c1-12(11(16)17,10(15)14-2)7-8-3-5-9(13)6-4-8/h3-6H,7H2,1-2H3,(H,14,15)(H,16,17). The van der Waals surface area contributed by atoms with Crippen LogP contribution in [0.3, 0.4) is 0 Å². The SMILES string of the molecule is CNC(=O)C(C)(Cc1ccc(Br)cc1)C(=O)O. The average molecular weight is 300 g/mol. The minimum absolute atomic E-state index is 0.162. The van der Waals surface area contributed by atoms with E-state index >= 15 is 0 Å². The molecule has 5 heteroatoms. The van der Waals surface area contributed by atoms with Crippen molar-refractivity contribution in [2.45, 2.75) is 13.3 Å². The largest absolute Gasteiger partial charge is 0.480 e. The Kier molecular flexibility index (Phi) is 4.28. The Labute approximate surface area is 108 Å². The van der Waals surface area contributed by atoms with E-state index in [-0.39, 0.29) is 6.42 Å². The molecule has 1 rings (SSSR count). The summed E-state index contributed by atoms with van der Waals surface area (Å²) in [7, 11) is 1.44. The van der Waals surface area contributed by atoms with Gasteiger partial charge in [-0.15, -0.1) is 0 Å². The van der Waals surface area contributed by atoms with Gasteiger partial charge in [0.25, 0.3) is 0 Å². The molecule has 2 N–H and O–H groups in total. The number of halogens is 1. The average Bonchev–Trinajstić information content (AvgIpc) is 2.30. The van der Waals surface area contributed by atoms with Crippen LogP contribution in [0.2, 0.25) is 0 Å². The highest BCUT2D eigenvalue weighted by Crippen LogP contribution is 2.24. The summed E-state index contributed by atoms with van der Waals surface area (Å²) >= 11 is 3.30. The van der Waals surface area contributed by atoms with Crippen molar-refractivity contribution in [3.05, 3.63) is 34.3 Å². The van der Waals surface area contributed by atoms with E-state index in [1.54, 1.807) is 12.1 Å². The first-order valence-corrected chi connectivity index (χ1v) is 5.89. The van der Waals surface area contributed by atoms with Crippen LogP contribution in [0.25, 0.3) is 0 Å². The second-order valence-electron chi connectivity index (χ2n) is 4.02. The van der Waals surface area contributed by atoms with Gasteiger partial charge in [-0.25, -0.2) is 0 Å². The fourth-order valence-corrected chi connectivity index (χ4v) is 1.80. The fourth-order valence-electron chi connectivity index (χ4n) is 1.54. The maximum Gasteiger partial charge on any atom is 0.319 e. The number of carbonyl (C=O) groups excluding carboxylic acids is 1. The van der Waals surface area contributed by atoms with Crippen molar-refractivity contribution in [3.63, 3.8) is 0 Å². The Balaban J connectivity index is 2.99. The molecule has 1 aromatic carbocycles. The van der Waals surface area contributed by atoms with Gasteiger partial charge in [-0.1, -0.05) is 28.1 Å². The highest BCUT2D eigenvalue weighted by atomic mass is 79.9. The van der Waals surface area contributed by atoms with E-state index in [4.69, 9.17) is 0 Å². The van der Waals surface area contributed by atoms with Gasteiger partial charge in [-0.2, -0.15) is 0 Å². The molecule has 0 bridgehead atoms. The van der Waals surface area contributed by atoms with Gasteiger partial charge in [0, 0.05) is 11.5 Å². The summed E-state index contributed by atoms with van der Waals surface area (Å²) in [6.45, 7) is 1.43. The molecule has 1 aromatic rings. The third kappa shape index (κ3) is 3.06. The zero-order valence-corrected chi connectivity index (χ0v) is 11.2. The number of hydrogen-bond acceptors (Lipinski definition) is 2. The molecule has 0 aliphatic heterocycles. The number of carboxylic acids is 1. The van der Waals surface area contributed by atoms with Crippen LogP contribution in [0.15, 0.2) is 28.7 Å². The van der Waals surface area contributed by atoms with Crippen molar-refractivity contribution < 1.29 is 14.7 Å². The van der Waals surface area contributed by atoms with Crippen LogP contribution in [0.1, 0.15) is 12.5 Å². The molecule has 1 amide bonds. The van der Waals surface area contributed by atoms with E-state index in [0.29, 0.717) is 0 Å². The molecule has 0 spiro atoms. The van der Waals surface area contributed by atoms with Gasteiger partial charge < -0.3 is 10.4 Å². The summed E-state index contributed by atoms with van der Waals surface area (Å²) in [5.74, 6) is -1.62. The lowest BCUT2D eigenvalue weighted by Crippen LogP contribution is -2.44. The number of hydrogen-bond donors (Lipinski definition) is 2.